The van der Waals surface area contributed by atoms with Gasteiger partial charge >= 0.3 is 5.97 Å². The number of benzene rings is 1. The summed E-state index contributed by atoms with van der Waals surface area (Å²) in [6.07, 6.45) is 1.15. The molecule has 1 saturated carbocycles. The molecular weight excluding hydrogens is 270 g/mol. The fourth-order valence-electron chi connectivity index (χ4n) is 2.35. The first-order chi connectivity index (χ1) is 10.1. The van der Waals surface area contributed by atoms with Crippen molar-refractivity contribution in [3.05, 3.63) is 35.9 Å². The van der Waals surface area contributed by atoms with Crippen LogP contribution < -0.4 is 5.32 Å². The first kappa shape index (κ1) is 15.5. The summed E-state index contributed by atoms with van der Waals surface area (Å²) in [5, 5.41) is 12.0. The molecule has 0 aliphatic heterocycles. The van der Waals surface area contributed by atoms with Crippen molar-refractivity contribution >= 4 is 11.9 Å². The number of hydrogen-bond donors (Lipinski definition) is 2. The van der Waals surface area contributed by atoms with Crippen LogP contribution in [-0.2, 0) is 20.7 Å². The summed E-state index contributed by atoms with van der Waals surface area (Å²) in [6.45, 7) is 2.65. The van der Waals surface area contributed by atoms with E-state index in [4.69, 9.17) is 4.74 Å². The van der Waals surface area contributed by atoms with E-state index in [1.54, 1.807) is 0 Å². The lowest BCUT2D eigenvalue weighted by Gasteiger charge is -2.13. The van der Waals surface area contributed by atoms with Gasteiger partial charge in [0.2, 0.25) is 5.91 Å². The molecule has 1 aliphatic rings. The first-order valence-corrected chi connectivity index (χ1v) is 7.27. The fourth-order valence-corrected chi connectivity index (χ4v) is 2.35. The van der Waals surface area contributed by atoms with Crippen molar-refractivity contribution in [1.29, 1.82) is 0 Å². The summed E-state index contributed by atoms with van der Waals surface area (Å²) in [4.78, 5) is 23.2. The topological polar surface area (TPSA) is 75.6 Å². The fraction of sp³-hybridized carbons (Fsp3) is 0.500. The predicted octanol–water partition coefficient (Wildman–Crippen LogP) is 1.47. The van der Waals surface area contributed by atoms with Crippen LogP contribution in [-0.4, -0.2) is 36.2 Å². The van der Waals surface area contributed by atoms with Gasteiger partial charge < -0.3 is 15.2 Å². The van der Waals surface area contributed by atoms with E-state index in [1.807, 2.05) is 37.3 Å². The number of carboxylic acid groups (broad SMARTS) is 1. The van der Waals surface area contributed by atoms with Crippen molar-refractivity contribution in [2.75, 3.05) is 13.2 Å². The van der Waals surface area contributed by atoms with E-state index >= 15 is 0 Å². The Balaban J connectivity index is 1.81. The zero-order valence-corrected chi connectivity index (χ0v) is 12.1. The van der Waals surface area contributed by atoms with E-state index < -0.39 is 11.9 Å². The highest BCUT2D eigenvalue weighted by Crippen LogP contribution is 2.33. The monoisotopic (exact) mass is 291 g/mol. The van der Waals surface area contributed by atoms with E-state index in [1.165, 1.54) is 0 Å². The number of aliphatic carboxylic acids is 1. The lowest BCUT2D eigenvalue weighted by molar-refractivity contribution is -0.141. The molecule has 1 fully saturated rings. The molecule has 0 unspecified atom stereocenters. The van der Waals surface area contributed by atoms with E-state index in [0.717, 1.165) is 12.0 Å². The molecule has 1 aromatic rings. The maximum Gasteiger partial charge on any atom is 0.308 e. The number of nitrogens with one attached hydrogen (secondary N) is 1. The Morgan fingerprint density at radius 1 is 1.38 bits per heavy atom. The van der Waals surface area contributed by atoms with Gasteiger partial charge in [-0.2, -0.15) is 0 Å². The van der Waals surface area contributed by atoms with Gasteiger partial charge in [-0.05, 0) is 25.3 Å². The van der Waals surface area contributed by atoms with Gasteiger partial charge in [0.15, 0.2) is 0 Å². The predicted molar refractivity (Wildman–Crippen MR) is 77.8 cm³/mol. The Labute approximate surface area is 124 Å². The maximum atomic E-state index is 11.9. The van der Waals surface area contributed by atoms with Crippen LogP contribution in [0.1, 0.15) is 18.9 Å². The van der Waals surface area contributed by atoms with Crippen LogP contribution in [0.25, 0.3) is 0 Å². The highest BCUT2D eigenvalue weighted by molar-refractivity contribution is 5.82. The lowest BCUT2D eigenvalue weighted by Crippen LogP contribution is -2.35. The van der Waals surface area contributed by atoms with Gasteiger partial charge in [0.1, 0.15) is 0 Å². The number of carbonyl (C=O) groups excluding carboxylic acids is 1. The summed E-state index contributed by atoms with van der Waals surface area (Å²) in [6, 6.07) is 9.43. The van der Waals surface area contributed by atoms with Crippen molar-refractivity contribution in [1.82, 2.24) is 5.32 Å². The van der Waals surface area contributed by atoms with Gasteiger partial charge in [-0.3, -0.25) is 9.59 Å². The maximum absolute atomic E-state index is 11.9. The molecule has 0 heterocycles. The second-order valence-corrected chi connectivity index (χ2v) is 5.31. The van der Waals surface area contributed by atoms with Gasteiger partial charge in [0, 0.05) is 13.2 Å². The number of carbonyl (C=O) groups is 2. The van der Waals surface area contributed by atoms with E-state index in [0.29, 0.717) is 13.0 Å². The van der Waals surface area contributed by atoms with E-state index in [2.05, 4.69) is 5.32 Å². The van der Waals surface area contributed by atoms with Crippen molar-refractivity contribution in [2.24, 2.45) is 11.8 Å². The molecule has 1 aliphatic carbocycles. The Kier molecular flexibility index (Phi) is 5.33. The molecule has 2 N–H and O–H groups in total. The zero-order chi connectivity index (χ0) is 15.2. The smallest absolute Gasteiger partial charge is 0.308 e. The summed E-state index contributed by atoms with van der Waals surface area (Å²) in [7, 11) is 0. The molecule has 0 spiro atoms. The first-order valence-electron chi connectivity index (χ1n) is 7.27. The molecular formula is C16H21NO4. The highest BCUT2D eigenvalue weighted by atomic mass is 16.5. The number of ether oxygens (including phenoxy) is 1. The van der Waals surface area contributed by atoms with Gasteiger partial charge in [0.05, 0.1) is 17.9 Å². The minimum atomic E-state index is -0.892. The molecule has 3 atom stereocenters. The second-order valence-electron chi connectivity index (χ2n) is 5.31. The Morgan fingerprint density at radius 3 is 2.71 bits per heavy atom. The van der Waals surface area contributed by atoms with Crippen LogP contribution in [0.15, 0.2) is 30.3 Å². The third kappa shape index (κ3) is 4.56. The van der Waals surface area contributed by atoms with Crippen molar-refractivity contribution in [3.63, 3.8) is 0 Å². The Hall–Kier alpha value is -1.88. The van der Waals surface area contributed by atoms with E-state index in [9.17, 15) is 14.7 Å². The van der Waals surface area contributed by atoms with Gasteiger partial charge in [-0.25, -0.2) is 0 Å². The normalized spacial score (nSPS) is 21.6. The van der Waals surface area contributed by atoms with Crippen LogP contribution >= 0.6 is 0 Å². The molecule has 0 radical (unpaired) electrons. The molecule has 1 aromatic carbocycles. The van der Waals surface area contributed by atoms with Crippen LogP contribution in [0, 0.1) is 11.8 Å². The van der Waals surface area contributed by atoms with E-state index in [-0.39, 0.29) is 24.5 Å². The molecule has 114 valence electrons. The molecule has 0 saturated heterocycles. The molecule has 1 amide bonds. The molecule has 21 heavy (non-hydrogen) atoms. The summed E-state index contributed by atoms with van der Waals surface area (Å²) in [5.41, 5.74) is 0.956. The number of rotatable bonds is 8. The summed E-state index contributed by atoms with van der Waals surface area (Å²) < 4.78 is 5.36. The largest absolute Gasteiger partial charge is 0.481 e. The number of hydrogen-bond acceptors (Lipinski definition) is 3. The van der Waals surface area contributed by atoms with Crippen LogP contribution in [0.3, 0.4) is 0 Å². The molecule has 0 bridgehead atoms. The van der Waals surface area contributed by atoms with Gasteiger partial charge in [0.25, 0.3) is 0 Å². The second kappa shape index (κ2) is 7.22. The lowest BCUT2D eigenvalue weighted by atomic mass is 9.99. The molecule has 5 heteroatoms. The molecule has 5 nitrogen and oxygen atoms in total. The van der Waals surface area contributed by atoms with Crippen molar-refractivity contribution in [3.8, 4) is 0 Å². The average molecular weight is 291 g/mol. The summed E-state index contributed by atoms with van der Waals surface area (Å²) in [5.74, 6) is -1.72. The van der Waals surface area contributed by atoms with Crippen molar-refractivity contribution < 1.29 is 19.4 Å². The van der Waals surface area contributed by atoms with Gasteiger partial charge in [-0.1, -0.05) is 30.3 Å². The third-order valence-electron chi connectivity index (χ3n) is 3.65. The molecule has 0 aromatic heterocycles. The van der Waals surface area contributed by atoms with Gasteiger partial charge in [-0.15, -0.1) is 0 Å². The Morgan fingerprint density at radius 2 is 2.10 bits per heavy atom. The summed E-state index contributed by atoms with van der Waals surface area (Å²) >= 11 is 0. The average Bonchev–Trinajstić information content (AvgIpc) is 3.24. The third-order valence-corrected chi connectivity index (χ3v) is 3.65. The number of carboxylic acids is 1. The minimum absolute atomic E-state index is 0.00685. The zero-order valence-electron chi connectivity index (χ0n) is 12.1. The number of amides is 1. The Bertz CT molecular complexity index is 488. The minimum Gasteiger partial charge on any atom is -0.481 e. The van der Waals surface area contributed by atoms with Crippen LogP contribution in [0.5, 0.6) is 0 Å². The molecule has 2 rings (SSSR count). The standard InChI is InChI=1S/C16H21NO4/c1-2-21-14-9-13(14)15(18)17-10-12(16(19)20)8-11-6-4-3-5-7-11/h3-7,12-14H,2,8-10H2,1H3,(H,17,18)(H,19,20)/t12-,13+,14-/m1/s1. The van der Waals surface area contributed by atoms with Crippen molar-refractivity contribution in [2.45, 2.75) is 25.9 Å². The quantitative estimate of drug-likeness (QED) is 0.760. The van der Waals surface area contributed by atoms with Crippen LogP contribution in [0.2, 0.25) is 0 Å². The SMILES string of the molecule is CCO[C@@H]1C[C@@H]1C(=O)NC[C@@H](Cc1ccccc1)C(=O)O. The highest BCUT2D eigenvalue weighted by Gasteiger charge is 2.44. The van der Waals surface area contributed by atoms with Crippen LogP contribution in [0.4, 0.5) is 0 Å².